The second-order valence-electron chi connectivity index (χ2n) is 8.34. The molecule has 180 valence electrons. The molecule has 1 fully saturated rings. The number of nitrogens with one attached hydrogen (secondary N) is 2. The van der Waals surface area contributed by atoms with Crippen LogP contribution in [0.15, 0.2) is 70.3 Å². The number of carbonyl (C=O) groups excluding carboxylic acids is 1. The van der Waals surface area contributed by atoms with Gasteiger partial charge in [-0.3, -0.25) is 14.4 Å². The van der Waals surface area contributed by atoms with E-state index < -0.39 is 10.0 Å². The van der Waals surface area contributed by atoms with Crippen LogP contribution in [0.25, 0.3) is 0 Å². The first kappa shape index (κ1) is 24.3. The van der Waals surface area contributed by atoms with Crippen LogP contribution in [0.2, 0.25) is 0 Å². The van der Waals surface area contributed by atoms with E-state index in [4.69, 9.17) is 4.74 Å². The smallest absolute Gasteiger partial charge is 0.271 e. The van der Waals surface area contributed by atoms with Gasteiger partial charge in [-0.05, 0) is 48.1 Å². The molecule has 3 aromatic rings. The molecule has 2 heterocycles. The third-order valence-corrected chi connectivity index (χ3v) is 8.65. The number of hydrogen-bond donors (Lipinski definition) is 2. The summed E-state index contributed by atoms with van der Waals surface area (Å²) in [7, 11) is -1.88. The highest BCUT2D eigenvalue weighted by Gasteiger charge is 2.21. The summed E-state index contributed by atoms with van der Waals surface area (Å²) in [5, 5.41) is 4.87. The van der Waals surface area contributed by atoms with Gasteiger partial charge in [0.05, 0.1) is 13.5 Å². The summed E-state index contributed by atoms with van der Waals surface area (Å²) in [5.41, 5.74) is 2.48. The van der Waals surface area contributed by atoms with E-state index in [9.17, 15) is 13.2 Å². The quantitative estimate of drug-likeness (QED) is 0.467. The Morgan fingerprint density at radius 3 is 2.47 bits per heavy atom. The number of likely N-dealkylation sites (tertiary alicyclic amines) is 1. The van der Waals surface area contributed by atoms with E-state index in [1.54, 1.807) is 48.9 Å². The molecule has 1 amide bonds. The highest BCUT2D eigenvalue weighted by atomic mass is 32.2. The van der Waals surface area contributed by atoms with Gasteiger partial charge in [0.2, 0.25) is 5.91 Å². The molecule has 0 spiro atoms. The molecule has 2 N–H and O–H groups in total. The SMILES string of the molecule is COc1ccccc1CN1CCC(NC(=O)Cc2ccc(NS(=O)(=O)c3cccs3)cc2)CC1. The van der Waals surface area contributed by atoms with Gasteiger partial charge >= 0.3 is 0 Å². The number of sulfonamides is 1. The standard InChI is InChI=1S/C25H29N3O4S2/c1-32-23-6-3-2-5-20(23)18-28-14-12-21(13-15-28)26-24(29)17-19-8-10-22(11-9-19)27-34(30,31)25-7-4-16-33-25/h2-11,16,21,27H,12-15,17-18H2,1H3,(H,26,29). The Kier molecular flexibility index (Phi) is 7.87. The number of methoxy groups -OCH3 is 1. The van der Waals surface area contributed by atoms with Crippen LogP contribution in [0.4, 0.5) is 5.69 Å². The number of ether oxygens (including phenoxy) is 1. The van der Waals surface area contributed by atoms with Gasteiger partial charge in [0.1, 0.15) is 9.96 Å². The minimum absolute atomic E-state index is 0.0184. The largest absolute Gasteiger partial charge is 0.496 e. The minimum Gasteiger partial charge on any atom is -0.496 e. The summed E-state index contributed by atoms with van der Waals surface area (Å²) in [5.74, 6) is 0.887. The van der Waals surface area contributed by atoms with Crippen LogP contribution in [-0.4, -0.2) is 45.5 Å². The molecule has 2 aromatic carbocycles. The van der Waals surface area contributed by atoms with Crippen molar-refractivity contribution in [3.05, 3.63) is 77.2 Å². The van der Waals surface area contributed by atoms with Gasteiger partial charge in [0, 0.05) is 36.9 Å². The van der Waals surface area contributed by atoms with Crippen molar-refractivity contribution in [1.29, 1.82) is 0 Å². The maximum absolute atomic E-state index is 12.6. The molecule has 0 saturated carbocycles. The maximum atomic E-state index is 12.6. The van der Waals surface area contributed by atoms with Crippen LogP contribution >= 0.6 is 11.3 Å². The fraction of sp³-hybridized carbons (Fsp3) is 0.320. The molecule has 34 heavy (non-hydrogen) atoms. The van der Waals surface area contributed by atoms with Crippen molar-refractivity contribution in [2.75, 3.05) is 24.9 Å². The molecular formula is C25H29N3O4S2. The summed E-state index contributed by atoms with van der Waals surface area (Å²) in [4.78, 5) is 14.9. The summed E-state index contributed by atoms with van der Waals surface area (Å²) in [6, 6.07) is 18.4. The van der Waals surface area contributed by atoms with Gasteiger partial charge in [0.25, 0.3) is 10.0 Å². The zero-order valence-corrected chi connectivity index (χ0v) is 20.7. The predicted octanol–water partition coefficient (Wildman–Crippen LogP) is 3.88. The fourth-order valence-electron chi connectivity index (χ4n) is 4.09. The maximum Gasteiger partial charge on any atom is 0.271 e. The highest BCUT2D eigenvalue weighted by Crippen LogP contribution is 2.22. The first-order chi connectivity index (χ1) is 16.4. The number of amides is 1. The van der Waals surface area contributed by atoms with Crippen molar-refractivity contribution in [3.63, 3.8) is 0 Å². The third-order valence-electron chi connectivity index (χ3n) is 5.87. The van der Waals surface area contributed by atoms with Crippen molar-refractivity contribution in [2.24, 2.45) is 0 Å². The Morgan fingerprint density at radius 1 is 1.06 bits per heavy atom. The number of para-hydroxylation sites is 1. The first-order valence-corrected chi connectivity index (χ1v) is 13.6. The molecular weight excluding hydrogens is 470 g/mol. The molecule has 0 aliphatic carbocycles. The molecule has 7 nitrogen and oxygen atoms in total. The zero-order valence-electron chi connectivity index (χ0n) is 19.1. The van der Waals surface area contributed by atoms with Crippen molar-refractivity contribution in [3.8, 4) is 5.75 Å². The van der Waals surface area contributed by atoms with Gasteiger partial charge < -0.3 is 10.1 Å². The van der Waals surface area contributed by atoms with Crippen molar-refractivity contribution >= 4 is 33.0 Å². The number of carbonyl (C=O) groups is 1. The fourth-order valence-corrected chi connectivity index (χ4v) is 6.14. The number of benzene rings is 2. The minimum atomic E-state index is -3.58. The average Bonchev–Trinajstić information content (AvgIpc) is 3.38. The van der Waals surface area contributed by atoms with E-state index >= 15 is 0 Å². The lowest BCUT2D eigenvalue weighted by Crippen LogP contribution is -2.44. The van der Waals surface area contributed by atoms with Crippen molar-refractivity contribution < 1.29 is 17.9 Å². The lowest BCUT2D eigenvalue weighted by atomic mass is 10.0. The molecule has 1 saturated heterocycles. The normalized spacial score (nSPS) is 15.1. The van der Waals surface area contributed by atoms with Gasteiger partial charge in [-0.1, -0.05) is 36.4 Å². The second kappa shape index (κ2) is 11.0. The van der Waals surface area contributed by atoms with Crippen molar-refractivity contribution in [2.45, 2.75) is 36.1 Å². The van der Waals surface area contributed by atoms with Gasteiger partial charge in [-0.15, -0.1) is 11.3 Å². The lowest BCUT2D eigenvalue weighted by Gasteiger charge is -2.32. The number of nitrogens with zero attached hydrogens (tertiary/aromatic N) is 1. The van der Waals surface area contributed by atoms with E-state index in [1.807, 2.05) is 18.2 Å². The number of hydrogen-bond acceptors (Lipinski definition) is 6. The summed E-state index contributed by atoms with van der Waals surface area (Å²) in [6.07, 6.45) is 2.08. The zero-order chi connectivity index (χ0) is 24.0. The average molecular weight is 500 g/mol. The monoisotopic (exact) mass is 499 g/mol. The van der Waals surface area contributed by atoms with Crippen LogP contribution < -0.4 is 14.8 Å². The molecule has 0 radical (unpaired) electrons. The van der Waals surface area contributed by atoms with Crippen LogP contribution in [0.3, 0.4) is 0 Å². The Morgan fingerprint density at radius 2 is 1.79 bits per heavy atom. The number of rotatable bonds is 9. The van der Waals surface area contributed by atoms with Crippen LogP contribution in [0, 0.1) is 0 Å². The Labute approximate surface area is 204 Å². The number of anilines is 1. The molecule has 9 heteroatoms. The van der Waals surface area contributed by atoms with Crippen LogP contribution in [-0.2, 0) is 27.8 Å². The first-order valence-electron chi connectivity index (χ1n) is 11.2. The van der Waals surface area contributed by atoms with E-state index in [1.165, 1.54) is 16.9 Å². The topological polar surface area (TPSA) is 87.7 Å². The summed E-state index contributed by atoms with van der Waals surface area (Å²) >= 11 is 1.17. The number of piperidine rings is 1. The van der Waals surface area contributed by atoms with Crippen LogP contribution in [0.1, 0.15) is 24.0 Å². The lowest BCUT2D eigenvalue weighted by molar-refractivity contribution is -0.121. The van der Waals surface area contributed by atoms with E-state index in [-0.39, 0.29) is 22.6 Å². The van der Waals surface area contributed by atoms with Gasteiger partial charge in [-0.2, -0.15) is 0 Å². The highest BCUT2D eigenvalue weighted by molar-refractivity contribution is 7.94. The molecule has 1 aliphatic rings. The Hall–Kier alpha value is -2.88. The predicted molar refractivity (Wildman–Crippen MR) is 135 cm³/mol. The number of thiophene rings is 1. The Bertz CT molecular complexity index is 1190. The second-order valence-corrected chi connectivity index (χ2v) is 11.2. The molecule has 0 atom stereocenters. The van der Waals surface area contributed by atoms with Gasteiger partial charge in [0.15, 0.2) is 0 Å². The molecule has 1 aromatic heterocycles. The van der Waals surface area contributed by atoms with Gasteiger partial charge in [-0.25, -0.2) is 8.42 Å². The molecule has 4 rings (SSSR count). The van der Waals surface area contributed by atoms with E-state index in [0.29, 0.717) is 5.69 Å². The molecule has 0 unspecified atom stereocenters. The molecule has 0 bridgehead atoms. The van der Waals surface area contributed by atoms with Crippen LogP contribution in [0.5, 0.6) is 5.75 Å². The summed E-state index contributed by atoms with van der Waals surface area (Å²) < 4.78 is 32.9. The Balaban J connectivity index is 1.23. The van der Waals surface area contributed by atoms with E-state index in [0.717, 1.165) is 43.8 Å². The summed E-state index contributed by atoms with van der Waals surface area (Å²) in [6.45, 7) is 2.68. The van der Waals surface area contributed by atoms with Crippen molar-refractivity contribution in [1.82, 2.24) is 10.2 Å². The third kappa shape index (κ3) is 6.37. The van der Waals surface area contributed by atoms with E-state index in [2.05, 4.69) is 21.0 Å². The molecule has 1 aliphatic heterocycles.